The van der Waals surface area contributed by atoms with Crippen molar-refractivity contribution < 1.29 is 0 Å². The van der Waals surface area contributed by atoms with Crippen LogP contribution in [0.25, 0.3) is 10.2 Å². The minimum absolute atomic E-state index is 0.0172. The summed E-state index contributed by atoms with van der Waals surface area (Å²) in [7, 11) is 0. The van der Waals surface area contributed by atoms with Crippen LogP contribution in [-0.4, -0.2) is 24.7 Å². The van der Waals surface area contributed by atoms with E-state index < -0.39 is 0 Å². The van der Waals surface area contributed by atoms with Crippen LogP contribution in [0.5, 0.6) is 0 Å². The Labute approximate surface area is 159 Å². The summed E-state index contributed by atoms with van der Waals surface area (Å²) >= 11 is 3.24. The summed E-state index contributed by atoms with van der Waals surface area (Å²) in [5.74, 6) is 2.47. The summed E-state index contributed by atoms with van der Waals surface area (Å²) in [5, 5.41) is 10.6. The Morgan fingerprint density at radius 2 is 2.00 bits per heavy atom. The van der Waals surface area contributed by atoms with Gasteiger partial charge in [0.2, 0.25) is 0 Å². The van der Waals surface area contributed by atoms with Crippen molar-refractivity contribution in [1.29, 1.82) is 0 Å². The van der Waals surface area contributed by atoms with Gasteiger partial charge in [-0.05, 0) is 52.0 Å². The molecule has 0 aliphatic heterocycles. The summed E-state index contributed by atoms with van der Waals surface area (Å²) in [6, 6.07) is 0.562. The molecule has 0 aromatic carbocycles. The summed E-state index contributed by atoms with van der Waals surface area (Å²) in [6.45, 7) is 6.10. The predicted molar refractivity (Wildman–Crippen MR) is 104 cm³/mol. The summed E-state index contributed by atoms with van der Waals surface area (Å²) < 4.78 is 2.34. The molecule has 3 aromatic rings. The van der Waals surface area contributed by atoms with Gasteiger partial charge in [-0.25, -0.2) is 4.98 Å². The Balaban J connectivity index is 1.48. The van der Waals surface area contributed by atoms with Gasteiger partial charge in [-0.1, -0.05) is 11.8 Å². The standard InChI is InChI=1S/C18H21N5OS2/c1-8-9(2)25-17-13(8)16(24)19-14(20-17)10(3)26-18-22-21-15(11-4-5-11)23(18)12-6-7-12/h10-12H,4-7H2,1-3H3,(H,19,20,24)/t10-/m0/s1. The van der Waals surface area contributed by atoms with Gasteiger partial charge < -0.3 is 9.55 Å². The SMILES string of the molecule is Cc1sc2nc([C@H](C)Sc3nnc(C4CC4)n3C3CC3)[nH]c(=O)c2c1C. The van der Waals surface area contributed by atoms with E-state index in [1.165, 1.54) is 25.7 Å². The molecule has 6 nitrogen and oxygen atoms in total. The first-order chi connectivity index (χ1) is 12.5. The van der Waals surface area contributed by atoms with Gasteiger partial charge in [0.1, 0.15) is 16.5 Å². The molecule has 0 spiro atoms. The van der Waals surface area contributed by atoms with E-state index in [0.29, 0.717) is 17.8 Å². The zero-order valence-electron chi connectivity index (χ0n) is 15.1. The van der Waals surface area contributed by atoms with Gasteiger partial charge in [0.25, 0.3) is 5.56 Å². The highest BCUT2D eigenvalue weighted by Gasteiger charge is 2.36. The summed E-state index contributed by atoms with van der Waals surface area (Å²) in [6.07, 6.45) is 4.89. The lowest BCUT2D eigenvalue weighted by Crippen LogP contribution is -2.13. The third-order valence-electron chi connectivity index (χ3n) is 5.27. The Kier molecular flexibility index (Phi) is 3.76. The van der Waals surface area contributed by atoms with E-state index in [-0.39, 0.29) is 10.8 Å². The second-order valence-corrected chi connectivity index (χ2v) is 9.90. The van der Waals surface area contributed by atoms with Gasteiger partial charge in [0.05, 0.1) is 10.6 Å². The van der Waals surface area contributed by atoms with Gasteiger partial charge in [-0.15, -0.1) is 21.5 Å². The van der Waals surface area contributed by atoms with E-state index in [1.54, 1.807) is 23.1 Å². The second kappa shape index (κ2) is 5.92. The van der Waals surface area contributed by atoms with Crippen LogP contribution in [0.2, 0.25) is 0 Å². The number of thioether (sulfide) groups is 1. The zero-order valence-corrected chi connectivity index (χ0v) is 16.7. The fraction of sp³-hybridized carbons (Fsp3) is 0.556. The molecular weight excluding hydrogens is 366 g/mol. The van der Waals surface area contributed by atoms with Crippen molar-refractivity contribution in [2.75, 3.05) is 0 Å². The van der Waals surface area contributed by atoms with Crippen LogP contribution in [-0.2, 0) is 0 Å². The highest BCUT2D eigenvalue weighted by atomic mass is 32.2. The number of aromatic nitrogens is 5. The molecule has 26 heavy (non-hydrogen) atoms. The van der Waals surface area contributed by atoms with Crippen LogP contribution in [0.3, 0.4) is 0 Å². The van der Waals surface area contributed by atoms with Crippen molar-refractivity contribution in [3.05, 3.63) is 32.4 Å². The average Bonchev–Trinajstić information content (AvgIpc) is 3.53. The van der Waals surface area contributed by atoms with Crippen LogP contribution in [0, 0.1) is 13.8 Å². The van der Waals surface area contributed by atoms with E-state index in [4.69, 9.17) is 4.98 Å². The molecule has 2 aliphatic carbocycles. The van der Waals surface area contributed by atoms with Gasteiger partial charge >= 0.3 is 0 Å². The quantitative estimate of drug-likeness (QED) is 0.662. The second-order valence-electron chi connectivity index (χ2n) is 7.39. The van der Waals surface area contributed by atoms with Crippen molar-refractivity contribution in [3.63, 3.8) is 0 Å². The number of aryl methyl sites for hydroxylation is 2. The maximum absolute atomic E-state index is 12.5. The molecule has 0 amide bonds. The van der Waals surface area contributed by atoms with Crippen molar-refractivity contribution in [2.45, 2.75) is 68.8 Å². The lowest BCUT2D eigenvalue weighted by molar-refractivity contribution is 0.625. The van der Waals surface area contributed by atoms with Gasteiger partial charge in [0.15, 0.2) is 5.16 Å². The largest absolute Gasteiger partial charge is 0.309 e. The number of aromatic amines is 1. The minimum atomic E-state index is -0.0402. The molecule has 0 bridgehead atoms. The third kappa shape index (κ3) is 2.70. The fourth-order valence-electron chi connectivity index (χ4n) is 3.34. The van der Waals surface area contributed by atoms with E-state index in [0.717, 1.165) is 31.6 Å². The van der Waals surface area contributed by atoms with Crippen LogP contribution in [0.1, 0.15) is 71.9 Å². The lowest BCUT2D eigenvalue weighted by atomic mass is 10.2. The number of fused-ring (bicyclic) bond motifs is 1. The molecule has 3 heterocycles. The van der Waals surface area contributed by atoms with Crippen LogP contribution in [0.15, 0.2) is 9.95 Å². The van der Waals surface area contributed by atoms with E-state index in [9.17, 15) is 4.79 Å². The molecule has 3 aromatic heterocycles. The number of H-pyrrole nitrogens is 1. The third-order valence-corrected chi connectivity index (χ3v) is 7.44. The minimum Gasteiger partial charge on any atom is -0.309 e. The average molecular weight is 388 g/mol. The molecule has 0 unspecified atom stereocenters. The Morgan fingerprint density at radius 1 is 1.23 bits per heavy atom. The highest BCUT2D eigenvalue weighted by molar-refractivity contribution is 7.99. The Hall–Kier alpha value is -1.67. The van der Waals surface area contributed by atoms with E-state index >= 15 is 0 Å². The number of nitrogens with zero attached hydrogens (tertiary/aromatic N) is 4. The number of hydrogen-bond donors (Lipinski definition) is 1. The molecule has 0 radical (unpaired) electrons. The molecular formula is C18H21N5OS2. The molecule has 136 valence electrons. The van der Waals surface area contributed by atoms with Crippen molar-refractivity contribution in [1.82, 2.24) is 24.7 Å². The monoisotopic (exact) mass is 387 g/mol. The molecule has 0 saturated heterocycles. The molecule has 2 aliphatic rings. The number of nitrogens with one attached hydrogen (secondary N) is 1. The normalized spacial score (nSPS) is 18.6. The van der Waals surface area contributed by atoms with Crippen molar-refractivity contribution in [2.24, 2.45) is 0 Å². The summed E-state index contributed by atoms with van der Waals surface area (Å²) in [4.78, 5) is 22.3. The van der Waals surface area contributed by atoms with E-state index in [2.05, 4.69) is 26.7 Å². The van der Waals surface area contributed by atoms with E-state index in [1.807, 2.05) is 13.8 Å². The lowest BCUT2D eigenvalue weighted by Gasteiger charge is -2.12. The van der Waals surface area contributed by atoms with Crippen molar-refractivity contribution >= 4 is 33.3 Å². The molecule has 2 fully saturated rings. The highest BCUT2D eigenvalue weighted by Crippen LogP contribution is 2.47. The molecule has 5 rings (SSSR count). The van der Waals surface area contributed by atoms with Gasteiger partial charge in [-0.2, -0.15) is 0 Å². The Morgan fingerprint density at radius 3 is 2.69 bits per heavy atom. The summed E-state index contributed by atoms with van der Waals surface area (Å²) in [5.41, 5.74) is 0.995. The number of hydrogen-bond acceptors (Lipinski definition) is 6. The fourth-order valence-corrected chi connectivity index (χ4v) is 5.36. The van der Waals surface area contributed by atoms with Crippen molar-refractivity contribution in [3.8, 4) is 0 Å². The van der Waals surface area contributed by atoms with Crippen LogP contribution in [0.4, 0.5) is 0 Å². The zero-order chi connectivity index (χ0) is 18.0. The predicted octanol–water partition coefficient (Wildman–Crippen LogP) is 4.26. The molecule has 1 atom stereocenters. The van der Waals surface area contributed by atoms with Crippen LogP contribution < -0.4 is 5.56 Å². The number of thiophene rings is 1. The molecule has 8 heteroatoms. The first kappa shape index (κ1) is 16.5. The van der Waals surface area contributed by atoms with Gasteiger partial charge in [0, 0.05) is 16.8 Å². The van der Waals surface area contributed by atoms with Crippen LogP contribution >= 0.6 is 23.1 Å². The maximum Gasteiger partial charge on any atom is 0.259 e. The first-order valence-electron chi connectivity index (χ1n) is 9.14. The smallest absolute Gasteiger partial charge is 0.259 e. The van der Waals surface area contributed by atoms with Gasteiger partial charge in [-0.3, -0.25) is 4.79 Å². The topological polar surface area (TPSA) is 76.5 Å². The maximum atomic E-state index is 12.5. The first-order valence-corrected chi connectivity index (χ1v) is 10.8. The Bertz CT molecular complexity index is 1060. The number of rotatable bonds is 5. The molecule has 2 saturated carbocycles. The molecule has 1 N–H and O–H groups in total.